The van der Waals surface area contributed by atoms with E-state index >= 15 is 0 Å². The highest BCUT2D eigenvalue weighted by Crippen LogP contribution is 2.23. The maximum Gasteiger partial charge on any atom is 0.250 e. The van der Waals surface area contributed by atoms with Crippen molar-refractivity contribution in [2.24, 2.45) is 0 Å². The molecule has 0 aliphatic carbocycles. The highest BCUT2D eigenvalue weighted by molar-refractivity contribution is 6.33. The van der Waals surface area contributed by atoms with E-state index in [1.807, 2.05) is 13.8 Å². The first-order chi connectivity index (χ1) is 9.94. The fourth-order valence-corrected chi connectivity index (χ4v) is 2.61. The van der Waals surface area contributed by atoms with Crippen molar-refractivity contribution in [2.45, 2.75) is 45.0 Å². The third-order valence-electron chi connectivity index (χ3n) is 3.38. The molecule has 1 heterocycles. The Morgan fingerprint density at radius 3 is 2.71 bits per heavy atom. The Balaban J connectivity index is 1.80. The summed E-state index contributed by atoms with van der Waals surface area (Å²) in [4.78, 5) is 11.9. The molecule has 5 nitrogen and oxygen atoms in total. The predicted octanol–water partition coefficient (Wildman–Crippen LogP) is 2.83. The van der Waals surface area contributed by atoms with Gasteiger partial charge in [0.1, 0.15) is 6.61 Å². The summed E-state index contributed by atoms with van der Waals surface area (Å²) in [5.74, 6) is -0.205. The molecular weight excluding hydrogens is 292 g/mol. The minimum Gasteiger partial charge on any atom is -0.397 e. The van der Waals surface area contributed by atoms with E-state index < -0.39 is 0 Å². The second kappa shape index (κ2) is 7.11. The maximum atomic E-state index is 11.9. The molecule has 0 bridgehead atoms. The normalized spacial score (nSPS) is 25.6. The molecule has 3 N–H and O–H groups in total. The molecule has 116 valence electrons. The highest BCUT2D eigenvalue weighted by Gasteiger charge is 2.25. The van der Waals surface area contributed by atoms with Crippen LogP contribution in [0.4, 0.5) is 11.4 Å². The summed E-state index contributed by atoms with van der Waals surface area (Å²) in [5, 5.41) is 3.21. The Morgan fingerprint density at radius 2 is 2.10 bits per heavy atom. The van der Waals surface area contributed by atoms with Gasteiger partial charge in [-0.05, 0) is 44.9 Å². The number of hydrogen-bond donors (Lipinski definition) is 2. The molecule has 0 radical (unpaired) electrons. The molecule has 1 aromatic rings. The Morgan fingerprint density at radius 1 is 1.43 bits per heavy atom. The second-order valence-corrected chi connectivity index (χ2v) is 5.85. The molecule has 2 rings (SSSR count). The van der Waals surface area contributed by atoms with Crippen molar-refractivity contribution in [1.82, 2.24) is 0 Å². The van der Waals surface area contributed by atoms with Crippen LogP contribution in [0, 0.1) is 0 Å². The van der Waals surface area contributed by atoms with Crippen molar-refractivity contribution >= 4 is 28.9 Å². The van der Waals surface area contributed by atoms with Crippen molar-refractivity contribution < 1.29 is 14.3 Å². The van der Waals surface area contributed by atoms with Gasteiger partial charge in [0.2, 0.25) is 5.91 Å². The molecule has 2 unspecified atom stereocenters. The van der Waals surface area contributed by atoms with Crippen molar-refractivity contribution in [3.63, 3.8) is 0 Å². The minimum absolute atomic E-state index is 0.0205. The van der Waals surface area contributed by atoms with Gasteiger partial charge in [-0.25, -0.2) is 0 Å². The summed E-state index contributed by atoms with van der Waals surface area (Å²) in [6, 6.07) is 4.98. The van der Waals surface area contributed by atoms with Crippen LogP contribution in [0.25, 0.3) is 0 Å². The Kier molecular flexibility index (Phi) is 5.45. The molecule has 0 aromatic heterocycles. The maximum absolute atomic E-state index is 11.9. The number of benzene rings is 1. The van der Waals surface area contributed by atoms with Crippen LogP contribution < -0.4 is 11.1 Å². The number of rotatable bonds is 4. The Bertz CT molecular complexity index is 500. The summed E-state index contributed by atoms with van der Waals surface area (Å²) in [7, 11) is 0. The predicted molar refractivity (Wildman–Crippen MR) is 83.5 cm³/mol. The first-order valence-electron chi connectivity index (χ1n) is 7.06. The van der Waals surface area contributed by atoms with Crippen molar-refractivity contribution in [3.8, 4) is 0 Å². The smallest absolute Gasteiger partial charge is 0.250 e. The number of ether oxygens (including phenoxy) is 2. The number of nitrogens with two attached hydrogens (primary N) is 1. The number of amides is 1. The average molecular weight is 313 g/mol. The lowest BCUT2D eigenvalue weighted by molar-refractivity contribution is -0.131. The van der Waals surface area contributed by atoms with E-state index in [2.05, 4.69) is 5.32 Å². The van der Waals surface area contributed by atoms with Gasteiger partial charge in [0, 0.05) is 5.69 Å². The van der Waals surface area contributed by atoms with E-state index in [1.54, 1.807) is 18.2 Å². The van der Waals surface area contributed by atoms with Gasteiger partial charge in [-0.3, -0.25) is 4.79 Å². The SMILES string of the molecule is CC1CC(OCC(=O)Nc2ccc(Cl)c(N)c2)CC(C)O1. The first kappa shape index (κ1) is 16.1. The molecule has 2 atom stereocenters. The van der Waals surface area contributed by atoms with Crippen LogP contribution in [0.2, 0.25) is 5.02 Å². The van der Waals surface area contributed by atoms with Gasteiger partial charge in [0.15, 0.2) is 0 Å². The number of carbonyl (C=O) groups excluding carboxylic acids is 1. The number of nitrogen functional groups attached to an aromatic ring is 1. The van der Waals surface area contributed by atoms with Crippen LogP contribution in [0.5, 0.6) is 0 Å². The lowest BCUT2D eigenvalue weighted by Crippen LogP contribution is -2.35. The fraction of sp³-hybridized carbons (Fsp3) is 0.533. The summed E-state index contributed by atoms with van der Waals surface area (Å²) < 4.78 is 11.3. The zero-order valence-corrected chi connectivity index (χ0v) is 13.0. The Labute approximate surface area is 129 Å². The second-order valence-electron chi connectivity index (χ2n) is 5.45. The molecule has 1 aromatic carbocycles. The Hall–Kier alpha value is -1.30. The van der Waals surface area contributed by atoms with Gasteiger partial charge in [-0.1, -0.05) is 11.6 Å². The van der Waals surface area contributed by atoms with Crippen LogP contribution in [0.1, 0.15) is 26.7 Å². The third kappa shape index (κ3) is 4.88. The summed E-state index contributed by atoms with van der Waals surface area (Å²) in [6.07, 6.45) is 2.01. The van der Waals surface area contributed by atoms with Crippen molar-refractivity contribution in [2.75, 3.05) is 17.7 Å². The average Bonchev–Trinajstić information content (AvgIpc) is 2.40. The zero-order chi connectivity index (χ0) is 15.4. The molecular formula is C15H21ClN2O3. The van der Waals surface area contributed by atoms with Gasteiger partial charge >= 0.3 is 0 Å². The summed E-state index contributed by atoms with van der Waals surface area (Å²) >= 11 is 5.83. The molecule has 0 saturated carbocycles. The van der Waals surface area contributed by atoms with Crippen LogP contribution in [-0.4, -0.2) is 30.8 Å². The number of halogens is 1. The van der Waals surface area contributed by atoms with Crippen LogP contribution >= 0.6 is 11.6 Å². The fourth-order valence-electron chi connectivity index (χ4n) is 2.49. The molecule has 1 aliphatic rings. The highest BCUT2D eigenvalue weighted by atomic mass is 35.5. The monoisotopic (exact) mass is 312 g/mol. The lowest BCUT2D eigenvalue weighted by Gasteiger charge is -2.31. The summed E-state index contributed by atoms with van der Waals surface area (Å²) in [6.45, 7) is 4.05. The van der Waals surface area contributed by atoms with Gasteiger partial charge < -0.3 is 20.5 Å². The van der Waals surface area contributed by atoms with E-state index in [4.69, 9.17) is 26.8 Å². The van der Waals surface area contributed by atoms with Crippen LogP contribution in [0.15, 0.2) is 18.2 Å². The molecule has 1 fully saturated rings. The number of anilines is 2. The van der Waals surface area contributed by atoms with Gasteiger partial charge in [0.05, 0.1) is 29.0 Å². The number of hydrogen-bond acceptors (Lipinski definition) is 4. The third-order valence-corrected chi connectivity index (χ3v) is 3.73. The largest absolute Gasteiger partial charge is 0.397 e. The minimum atomic E-state index is -0.205. The molecule has 1 amide bonds. The van der Waals surface area contributed by atoms with Gasteiger partial charge in [-0.15, -0.1) is 0 Å². The van der Waals surface area contributed by atoms with Crippen LogP contribution in [0.3, 0.4) is 0 Å². The molecule has 1 saturated heterocycles. The molecule has 6 heteroatoms. The van der Waals surface area contributed by atoms with E-state index in [9.17, 15) is 4.79 Å². The van der Waals surface area contributed by atoms with E-state index in [0.29, 0.717) is 16.4 Å². The molecule has 21 heavy (non-hydrogen) atoms. The topological polar surface area (TPSA) is 73.6 Å². The van der Waals surface area contributed by atoms with Crippen molar-refractivity contribution in [3.05, 3.63) is 23.2 Å². The lowest BCUT2D eigenvalue weighted by atomic mass is 10.0. The number of nitrogens with one attached hydrogen (secondary N) is 1. The first-order valence-corrected chi connectivity index (χ1v) is 7.43. The standard InChI is InChI=1S/C15H21ClN2O3/c1-9-5-12(6-10(2)21-9)20-8-15(19)18-11-3-4-13(16)14(17)7-11/h3-4,7,9-10,12H,5-6,8,17H2,1-2H3,(H,18,19). The van der Waals surface area contributed by atoms with E-state index in [1.165, 1.54) is 0 Å². The summed E-state index contributed by atoms with van der Waals surface area (Å²) in [5.41, 5.74) is 6.73. The van der Waals surface area contributed by atoms with Gasteiger partial charge in [-0.2, -0.15) is 0 Å². The quantitative estimate of drug-likeness (QED) is 0.838. The number of carbonyl (C=O) groups is 1. The van der Waals surface area contributed by atoms with Crippen LogP contribution in [-0.2, 0) is 14.3 Å². The molecule has 0 spiro atoms. The van der Waals surface area contributed by atoms with Gasteiger partial charge in [0.25, 0.3) is 0 Å². The zero-order valence-electron chi connectivity index (χ0n) is 12.3. The molecule has 1 aliphatic heterocycles. The van der Waals surface area contributed by atoms with Crippen molar-refractivity contribution in [1.29, 1.82) is 0 Å². The van der Waals surface area contributed by atoms with E-state index in [0.717, 1.165) is 12.8 Å². The van der Waals surface area contributed by atoms with E-state index in [-0.39, 0.29) is 30.8 Å².